The van der Waals surface area contributed by atoms with E-state index in [1.807, 2.05) is 7.05 Å². The normalized spacial score (nSPS) is 14.9. The summed E-state index contributed by atoms with van der Waals surface area (Å²) in [6.45, 7) is 3.05. The van der Waals surface area contributed by atoms with Crippen LogP contribution in [0.15, 0.2) is 33.9 Å². The van der Waals surface area contributed by atoms with Crippen molar-refractivity contribution >= 4 is 22.9 Å². The molecule has 10 heteroatoms. The van der Waals surface area contributed by atoms with Gasteiger partial charge in [-0.1, -0.05) is 0 Å². The third-order valence-electron chi connectivity index (χ3n) is 5.83. The lowest BCUT2D eigenvalue weighted by Crippen LogP contribution is -2.45. The van der Waals surface area contributed by atoms with Gasteiger partial charge in [0.25, 0.3) is 5.56 Å². The Bertz CT molecular complexity index is 1250. The monoisotopic (exact) mass is 426 g/mol. The van der Waals surface area contributed by atoms with Crippen molar-refractivity contribution in [3.63, 3.8) is 0 Å². The highest BCUT2D eigenvalue weighted by Gasteiger charge is 2.26. The topological polar surface area (TPSA) is 94.6 Å². The van der Waals surface area contributed by atoms with Crippen LogP contribution >= 0.6 is 0 Å². The van der Waals surface area contributed by atoms with Crippen LogP contribution in [-0.4, -0.2) is 69.7 Å². The molecule has 0 amide bonds. The number of anilines is 1. The first-order chi connectivity index (χ1) is 14.8. The average molecular weight is 426 g/mol. The first-order valence-electron chi connectivity index (χ1n) is 10.1. The van der Waals surface area contributed by atoms with Crippen molar-refractivity contribution in [2.24, 2.45) is 14.1 Å². The van der Waals surface area contributed by atoms with E-state index in [4.69, 9.17) is 4.74 Å². The van der Waals surface area contributed by atoms with E-state index in [0.717, 1.165) is 17.7 Å². The molecule has 0 atom stereocenters. The van der Waals surface area contributed by atoms with Crippen LogP contribution in [0, 0.1) is 0 Å². The van der Waals surface area contributed by atoms with Gasteiger partial charge in [0.1, 0.15) is 5.75 Å². The van der Waals surface area contributed by atoms with Crippen molar-refractivity contribution in [1.29, 1.82) is 0 Å². The molecule has 0 N–H and O–H groups in total. The molecule has 0 unspecified atom stereocenters. The van der Waals surface area contributed by atoms with Crippen molar-refractivity contribution in [3.05, 3.63) is 50.7 Å². The van der Waals surface area contributed by atoms with Crippen LogP contribution in [0.3, 0.4) is 0 Å². The number of carbonyl (C=O) groups excluding carboxylic acids is 1. The molecule has 0 saturated carbocycles. The Hall–Kier alpha value is -3.40. The zero-order valence-electron chi connectivity index (χ0n) is 18.2. The lowest BCUT2D eigenvalue weighted by Gasteiger charge is -2.33. The number of ketones is 1. The van der Waals surface area contributed by atoms with Gasteiger partial charge in [-0.2, -0.15) is 4.98 Å². The van der Waals surface area contributed by atoms with Crippen molar-refractivity contribution in [2.45, 2.75) is 6.54 Å². The molecule has 164 valence electrons. The fraction of sp³-hybridized carbons (Fsp3) is 0.429. The quantitative estimate of drug-likeness (QED) is 0.533. The summed E-state index contributed by atoms with van der Waals surface area (Å²) >= 11 is 0. The van der Waals surface area contributed by atoms with E-state index >= 15 is 0 Å². The highest BCUT2D eigenvalue weighted by atomic mass is 16.5. The number of hydrogen-bond acceptors (Lipinski definition) is 7. The van der Waals surface area contributed by atoms with Gasteiger partial charge in [0, 0.05) is 45.8 Å². The minimum atomic E-state index is -0.464. The van der Waals surface area contributed by atoms with E-state index < -0.39 is 11.2 Å². The minimum absolute atomic E-state index is 0.0576. The second-order valence-corrected chi connectivity index (χ2v) is 7.82. The maximum absolute atomic E-state index is 13.1. The number of aryl methyl sites for hydroxylation is 1. The number of carbonyl (C=O) groups is 1. The summed E-state index contributed by atoms with van der Waals surface area (Å²) in [6.07, 6.45) is 0. The van der Waals surface area contributed by atoms with Crippen molar-refractivity contribution in [3.8, 4) is 5.75 Å². The number of Topliss-reactive ketones (excluding diaryl/α,β-unsaturated/α-hetero) is 1. The molecule has 0 spiro atoms. The summed E-state index contributed by atoms with van der Waals surface area (Å²) in [6, 6.07) is 6.85. The van der Waals surface area contributed by atoms with E-state index in [2.05, 4.69) is 14.8 Å². The Kier molecular flexibility index (Phi) is 5.40. The van der Waals surface area contributed by atoms with Gasteiger partial charge in [-0.15, -0.1) is 0 Å². The summed E-state index contributed by atoms with van der Waals surface area (Å²) in [7, 11) is 6.63. The number of fused-ring (bicyclic) bond motifs is 1. The molecule has 1 aromatic carbocycles. The van der Waals surface area contributed by atoms with Gasteiger partial charge in [-0.05, 0) is 31.3 Å². The van der Waals surface area contributed by atoms with Crippen molar-refractivity contribution < 1.29 is 9.53 Å². The van der Waals surface area contributed by atoms with E-state index in [0.29, 0.717) is 30.4 Å². The number of likely N-dealkylation sites (N-methyl/N-ethyl adjacent to an activating group) is 1. The summed E-state index contributed by atoms with van der Waals surface area (Å²) in [5.74, 6) is 1.03. The predicted octanol–water partition coefficient (Wildman–Crippen LogP) is 0.0770. The largest absolute Gasteiger partial charge is 0.497 e. The molecular formula is C21H26N6O4. The standard InChI is InChI=1S/C21H26N6O4/c1-23-9-11-26(12-10-23)20-22-18-17(19(29)25(3)21(30)24(18)2)27(20)13-16(28)14-5-7-15(31-4)8-6-14/h5-8H,9-13H2,1-4H3. The third kappa shape index (κ3) is 3.63. The molecule has 1 aliphatic rings. The van der Waals surface area contributed by atoms with Crippen LogP contribution < -0.4 is 20.9 Å². The smallest absolute Gasteiger partial charge is 0.332 e. The molecule has 1 aliphatic heterocycles. The Morgan fingerprint density at radius 1 is 1.00 bits per heavy atom. The minimum Gasteiger partial charge on any atom is -0.497 e. The van der Waals surface area contributed by atoms with Crippen LogP contribution in [0.2, 0.25) is 0 Å². The Morgan fingerprint density at radius 2 is 1.65 bits per heavy atom. The Balaban J connectivity index is 1.84. The first-order valence-corrected chi connectivity index (χ1v) is 10.1. The van der Waals surface area contributed by atoms with Crippen LogP contribution in [0.25, 0.3) is 11.2 Å². The van der Waals surface area contributed by atoms with E-state index in [-0.39, 0.29) is 23.5 Å². The van der Waals surface area contributed by atoms with E-state index in [1.54, 1.807) is 43.0 Å². The SMILES string of the molecule is COc1ccc(C(=O)Cn2c(N3CCN(C)CC3)nc3c2c(=O)n(C)c(=O)n3C)cc1. The van der Waals surface area contributed by atoms with Crippen molar-refractivity contribution in [1.82, 2.24) is 23.6 Å². The van der Waals surface area contributed by atoms with Gasteiger partial charge in [0.2, 0.25) is 5.95 Å². The lowest BCUT2D eigenvalue weighted by molar-refractivity contribution is 0.0973. The molecule has 3 aromatic rings. The molecule has 31 heavy (non-hydrogen) atoms. The van der Waals surface area contributed by atoms with Gasteiger partial charge in [-0.3, -0.25) is 23.3 Å². The summed E-state index contributed by atoms with van der Waals surface area (Å²) in [5, 5.41) is 0. The summed E-state index contributed by atoms with van der Waals surface area (Å²) in [4.78, 5) is 47.4. The number of aromatic nitrogens is 4. The van der Waals surface area contributed by atoms with Gasteiger partial charge in [0.05, 0.1) is 13.7 Å². The first kappa shape index (κ1) is 20.9. The summed E-state index contributed by atoms with van der Waals surface area (Å²) in [5.41, 5.74) is 0.126. The zero-order valence-corrected chi connectivity index (χ0v) is 18.2. The van der Waals surface area contributed by atoms with Gasteiger partial charge in [0.15, 0.2) is 16.9 Å². The van der Waals surface area contributed by atoms with Crippen LogP contribution in [-0.2, 0) is 20.6 Å². The zero-order chi connectivity index (χ0) is 22.3. The van der Waals surface area contributed by atoms with Crippen LogP contribution in [0.4, 0.5) is 5.95 Å². The fourth-order valence-corrected chi connectivity index (χ4v) is 3.84. The number of piperazine rings is 1. The molecule has 10 nitrogen and oxygen atoms in total. The molecule has 0 radical (unpaired) electrons. The van der Waals surface area contributed by atoms with Crippen molar-refractivity contribution in [2.75, 3.05) is 45.2 Å². The average Bonchev–Trinajstić information content (AvgIpc) is 3.16. The maximum Gasteiger partial charge on any atom is 0.332 e. The molecule has 4 rings (SSSR count). The third-order valence-corrected chi connectivity index (χ3v) is 5.83. The highest BCUT2D eigenvalue weighted by Crippen LogP contribution is 2.22. The van der Waals surface area contributed by atoms with Crippen LogP contribution in [0.1, 0.15) is 10.4 Å². The molecule has 1 saturated heterocycles. The van der Waals surface area contributed by atoms with Crippen LogP contribution in [0.5, 0.6) is 5.75 Å². The van der Waals surface area contributed by atoms with Gasteiger partial charge in [-0.25, -0.2) is 4.79 Å². The number of hydrogen-bond donors (Lipinski definition) is 0. The van der Waals surface area contributed by atoms with Gasteiger partial charge >= 0.3 is 5.69 Å². The Labute approximate surface area is 178 Å². The molecular weight excluding hydrogens is 400 g/mol. The number of benzene rings is 1. The second-order valence-electron chi connectivity index (χ2n) is 7.82. The number of imidazole rings is 1. The lowest BCUT2D eigenvalue weighted by atomic mass is 10.1. The molecule has 2 aromatic heterocycles. The predicted molar refractivity (Wildman–Crippen MR) is 117 cm³/mol. The molecule has 1 fully saturated rings. The van der Waals surface area contributed by atoms with E-state index in [1.165, 1.54) is 11.6 Å². The van der Waals surface area contributed by atoms with Gasteiger partial charge < -0.3 is 14.5 Å². The number of ether oxygens (including phenoxy) is 1. The fourth-order valence-electron chi connectivity index (χ4n) is 3.84. The summed E-state index contributed by atoms with van der Waals surface area (Å²) < 4.78 is 9.21. The second kappa shape index (κ2) is 8.03. The number of rotatable bonds is 5. The molecule has 3 heterocycles. The maximum atomic E-state index is 13.1. The van der Waals surface area contributed by atoms with E-state index in [9.17, 15) is 14.4 Å². The molecule has 0 bridgehead atoms. The highest BCUT2D eigenvalue weighted by molar-refractivity contribution is 5.97. The molecule has 0 aliphatic carbocycles. The Morgan fingerprint density at radius 3 is 2.26 bits per heavy atom. The number of methoxy groups -OCH3 is 1. The number of nitrogens with zero attached hydrogens (tertiary/aromatic N) is 6.